The van der Waals surface area contributed by atoms with Crippen LogP contribution in [0.3, 0.4) is 0 Å². The van der Waals surface area contributed by atoms with Crippen LogP contribution in [-0.4, -0.2) is 20.7 Å². The van der Waals surface area contributed by atoms with Gasteiger partial charge in [-0.2, -0.15) is 0 Å². The Morgan fingerprint density at radius 3 is 2.67 bits per heavy atom. The fraction of sp³-hybridized carbons (Fsp3) is 0.409. The molecule has 1 fully saturated rings. The van der Waals surface area contributed by atoms with E-state index in [9.17, 15) is 15.0 Å². The second kappa shape index (κ2) is 6.50. The minimum Gasteiger partial charge on any atom is -0.477 e. The highest BCUT2D eigenvalue weighted by atomic mass is 32.1. The predicted molar refractivity (Wildman–Crippen MR) is 108 cm³/mol. The lowest BCUT2D eigenvalue weighted by molar-refractivity contribution is 0.0702. The Hall–Kier alpha value is -2.11. The Bertz CT molecular complexity index is 1030. The normalized spacial score (nSPS) is 20.3. The fourth-order valence-corrected chi connectivity index (χ4v) is 6.08. The molecule has 1 aliphatic heterocycles. The molecular formula is C22H23NO3S. The first-order chi connectivity index (χ1) is 13.1. The Morgan fingerprint density at radius 2 is 1.89 bits per heavy atom. The Balaban J connectivity index is 1.83. The molecular weight excluding hydrogens is 358 g/mol. The van der Waals surface area contributed by atoms with Crippen molar-refractivity contribution >= 4 is 27.5 Å². The summed E-state index contributed by atoms with van der Waals surface area (Å²) in [6.45, 7) is 0.712. The molecule has 2 aromatic heterocycles. The average Bonchev–Trinajstić information content (AvgIpc) is 3.20. The molecule has 0 radical (unpaired) electrons. The largest absolute Gasteiger partial charge is 0.477 e. The summed E-state index contributed by atoms with van der Waals surface area (Å²) < 4.78 is 3.41. The number of aromatic nitrogens is 1. The maximum atomic E-state index is 11.6. The minimum atomic E-state index is -0.853. The van der Waals surface area contributed by atoms with Gasteiger partial charge in [0.15, 0.2) is 0 Å². The van der Waals surface area contributed by atoms with Crippen LogP contribution in [0.2, 0.25) is 0 Å². The van der Waals surface area contributed by atoms with Crippen molar-refractivity contribution in [2.24, 2.45) is 0 Å². The molecule has 0 amide bonds. The van der Waals surface area contributed by atoms with Crippen LogP contribution < -0.4 is 0 Å². The molecule has 4 nitrogen and oxygen atoms in total. The first kappa shape index (κ1) is 17.0. The van der Waals surface area contributed by atoms with Crippen LogP contribution in [-0.2, 0) is 6.54 Å². The number of aromatic carboxylic acids is 1. The van der Waals surface area contributed by atoms with E-state index in [1.165, 1.54) is 41.9 Å². The molecule has 1 unspecified atom stereocenters. The molecule has 2 aliphatic rings. The van der Waals surface area contributed by atoms with Crippen molar-refractivity contribution < 1.29 is 15.0 Å². The van der Waals surface area contributed by atoms with Gasteiger partial charge in [0.25, 0.3) is 0 Å². The Kier molecular flexibility index (Phi) is 4.10. The SMILES string of the molecule is O=C(O)c1cc2c(s1)c(C1CCCCC1)c1n2CCC(O)c2ccccc2-1. The number of aliphatic hydroxyl groups excluding tert-OH is 1. The van der Waals surface area contributed by atoms with Gasteiger partial charge in [-0.1, -0.05) is 43.5 Å². The third-order valence-electron chi connectivity index (χ3n) is 6.20. The number of benzene rings is 1. The van der Waals surface area contributed by atoms with Crippen molar-refractivity contribution in [3.63, 3.8) is 0 Å². The first-order valence-corrected chi connectivity index (χ1v) is 10.6. The zero-order valence-electron chi connectivity index (χ0n) is 15.1. The molecule has 1 saturated carbocycles. The summed E-state index contributed by atoms with van der Waals surface area (Å²) in [6.07, 6.45) is 6.25. The summed E-state index contributed by atoms with van der Waals surface area (Å²) in [6, 6.07) is 10.0. The number of carboxylic acids is 1. The molecule has 0 saturated heterocycles. The Morgan fingerprint density at radius 1 is 1.11 bits per heavy atom. The number of nitrogens with zero attached hydrogens (tertiary/aromatic N) is 1. The van der Waals surface area contributed by atoms with Gasteiger partial charge in [0.2, 0.25) is 0 Å². The van der Waals surface area contributed by atoms with Gasteiger partial charge in [-0.3, -0.25) is 0 Å². The van der Waals surface area contributed by atoms with E-state index < -0.39 is 12.1 Å². The van der Waals surface area contributed by atoms with E-state index in [0.717, 1.165) is 34.2 Å². The lowest BCUT2D eigenvalue weighted by atomic mass is 9.82. The Labute approximate surface area is 162 Å². The van der Waals surface area contributed by atoms with Crippen molar-refractivity contribution in [3.8, 4) is 11.3 Å². The van der Waals surface area contributed by atoms with Gasteiger partial charge in [0.1, 0.15) is 4.88 Å². The lowest BCUT2D eigenvalue weighted by Gasteiger charge is -2.23. The number of carbonyl (C=O) groups is 1. The third kappa shape index (κ3) is 2.64. The maximum Gasteiger partial charge on any atom is 0.345 e. The highest BCUT2D eigenvalue weighted by Crippen LogP contribution is 2.49. The van der Waals surface area contributed by atoms with Crippen LogP contribution in [0.15, 0.2) is 30.3 Å². The highest BCUT2D eigenvalue weighted by Gasteiger charge is 2.32. The fourth-order valence-electron chi connectivity index (χ4n) is 4.96. The number of aryl methyl sites for hydroxylation is 1. The summed E-state index contributed by atoms with van der Waals surface area (Å²) in [4.78, 5) is 12.0. The molecule has 3 heterocycles. The maximum absolute atomic E-state index is 11.6. The number of carboxylic acid groups (broad SMARTS) is 1. The van der Waals surface area contributed by atoms with Crippen LogP contribution >= 0.6 is 11.3 Å². The van der Waals surface area contributed by atoms with Crippen LogP contribution in [0.1, 0.15) is 71.3 Å². The quantitative estimate of drug-likeness (QED) is 0.611. The molecule has 1 aromatic carbocycles. The van der Waals surface area contributed by atoms with E-state index in [1.54, 1.807) is 0 Å². The molecule has 27 heavy (non-hydrogen) atoms. The molecule has 0 bridgehead atoms. The number of hydrogen-bond donors (Lipinski definition) is 2. The molecule has 2 N–H and O–H groups in total. The van der Waals surface area contributed by atoms with Gasteiger partial charge in [0.05, 0.1) is 22.0 Å². The van der Waals surface area contributed by atoms with Gasteiger partial charge in [0, 0.05) is 12.1 Å². The molecule has 1 aliphatic carbocycles. The van der Waals surface area contributed by atoms with Crippen molar-refractivity contribution in [1.29, 1.82) is 0 Å². The van der Waals surface area contributed by atoms with Crippen LogP contribution in [0.5, 0.6) is 0 Å². The summed E-state index contributed by atoms with van der Waals surface area (Å²) in [5.74, 6) is -0.379. The van der Waals surface area contributed by atoms with Gasteiger partial charge in [-0.25, -0.2) is 4.79 Å². The van der Waals surface area contributed by atoms with Crippen molar-refractivity contribution in [2.75, 3.05) is 0 Å². The molecule has 0 spiro atoms. The topological polar surface area (TPSA) is 62.5 Å². The number of hydrogen-bond acceptors (Lipinski definition) is 3. The van der Waals surface area contributed by atoms with E-state index in [4.69, 9.17) is 0 Å². The number of thiophene rings is 1. The van der Waals surface area contributed by atoms with Crippen LogP contribution in [0.25, 0.3) is 21.5 Å². The van der Waals surface area contributed by atoms with Gasteiger partial charge >= 0.3 is 5.97 Å². The highest BCUT2D eigenvalue weighted by molar-refractivity contribution is 7.21. The molecule has 140 valence electrons. The minimum absolute atomic E-state index is 0.408. The molecule has 5 rings (SSSR count). The molecule has 1 atom stereocenters. The van der Waals surface area contributed by atoms with Gasteiger partial charge in [-0.05, 0) is 42.4 Å². The van der Waals surface area contributed by atoms with E-state index >= 15 is 0 Å². The van der Waals surface area contributed by atoms with Gasteiger partial charge < -0.3 is 14.8 Å². The second-order valence-electron chi connectivity index (χ2n) is 7.77. The average molecular weight is 381 g/mol. The first-order valence-electron chi connectivity index (χ1n) is 9.81. The third-order valence-corrected chi connectivity index (χ3v) is 7.34. The van der Waals surface area contributed by atoms with Crippen molar-refractivity contribution in [1.82, 2.24) is 4.57 Å². The summed E-state index contributed by atoms with van der Waals surface area (Å²) >= 11 is 1.42. The van der Waals surface area contributed by atoms with Crippen molar-refractivity contribution in [3.05, 3.63) is 46.3 Å². The summed E-state index contributed by atoms with van der Waals surface area (Å²) in [7, 11) is 0. The molecule has 3 aromatic rings. The van der Waals surface area contributed by atoms with Crippen molar-refractivity contribution in [2.45, 2.75) is 57.1 Å². The van der Waals surface area contributed by atoms with E-state index in [0.29, 0.717) is 23.8 Å². The zero-order chi connectivity index (χ0) is 18.5. The summed E-state index contributed by atoms with van der Waals surface area (Å²) in [5, 5.41) is 20.2. The lowest BCUT2D eigenvalue weighted by Crippen LogP contribution is -2.07. The van der Waals surface area contributed by atoms with Crippen LogP contribution in [0, 0.1) is 0 Å². The standard InChI is InChI=1S/C22H23NO3S/c24-17-10-11-23-16-12-18(22(25)26)27-21(16)19(13-6-2-1-3-7-13)20(23)15-9-5-4-8-14(15)17/h4-5,8-9,12-13,17,24H,1-3,6-7,10-11H2,(H,25,26). The predicted octanol–water partition coefficient (Wildman–Crippen LogP) is 5.55. The van der Waals surface area contributed by atoms with E-state index in [1.807, 2.05) is 24.3 Å². The van der Waals surface area contributed by atoms with Crippen LogP contribution in [0.4, 0.5) is 0 Å². The van der Waals surface area contributed by atoms with E-state index in [-0.39, 0.29) is 0 Å². The second-order valence-corrected chi connectivity index (χ2v) is 8.82. The number of fused-ring (bicyclic) bond motifs is 5. The zero-order valence-corrected chi connectivity index (χ0v) is 16.0. The monoisotopic (exact) mass is 381 g/mol. The van der Waals surface area contributed by atoms with Gasteiger partial charge in [-0.15, -0.1) is 11.3 Å². The number of aliphatic hydroxyl groups is 1. The van der Waals surface area contributed by atoms with E-state index in [2.05, 4.69) is 10.6 Å². The summed E-state index contributed by atoms with van der Waals surface area (Å²) in [5.41, 5.74) is 5.67. The molecule has 5 heteroatoms. The smallest absolute Gasteiger partial charge is 0.345 e. The number of rotatable bonds is 2.